The van der Waals surface area contributed by atoms with E-state index in [1.54, 1.807) is 37.3 Å². The lowest BCUT2D eigenvalue weighted by molar-refractivity contribution is -0.128. The first-order valence-corrected chi connectivity index (χ1v) is 8.64. The molecule has 9 nitrogen and oxygen atoms in total. The Balaban J connectivity index is 1.31. The Hall–Kier alpha value is -3.75. The van der Waals surface area contributed by atoms with Crippen LogP contribution in [0.3, 0.4) is 0 Å². The first-order valence-electron chi connectivity index (χ1n) is 8.64. The second-order valence-electron chi connectivity index (χ2n) is 6.28. The molecule has 0 spiro atoms. The van der Waals surface area contributed by atoms with Gasteiger partial charge in [0.15, 0.2) is 23.0 Å². The monoisotopic (exact) mass is 381 g/mol. The van der Waals surface area contributed by atoms with E-state index in [1.165, 1.54) is 0 Å². The number of nitrogens with one attached hydrogen (secondary N) is 1. The average Bonchev–Trinajstić information content (AvgIpc) is 3.36. The quantitative estimate of drug-likeness (QED) is 0.738. The highest BCUT2D eigenvalue weighted by Gasteiger charge is 2.34. The molecule has 28 heavy (non-hydrogen) atoms. The number of nitrogens with zero attached hydrogens (tertiary/aromatic N) is 2. The Labute approximate surface area is 159 Å². The number of hydrogen-bond acceptors (Lipinski definition) is 8. The van der Waals surface area contributed by atoms with Gasteiger partial charge in [0.25, 0.3) is 5.91 Å². The summed E-state index contributed by atoms with van der Waals surface area (Å²) in [5.41, 5.74) is 0.650. The minimum Gasteiger partial charge on any atom is -0.482 e. The molecule has 1 aromatic heterocycles. The fourth-order valence-corrected chi connectivity index (χ4v) is 3.00. The Morgan fingerprint density at radius 3 is 2.64 bits per heavy atom. The fraction of sp³-hybridized carbons (Fsp3) is 0.211. The normalized spacial score (nSPS) is 19.3. The van der Waals surface area contributed by atoms with E-state index < -0.39 is 18.1 Å². The lowest BCUT2D eigenvalue weighted by Crippen LogP contribution is -2.46. The van der Waals surface area contributed by atoms with Gasteiger partial charge in [-0.15, -0.1) is 5.10 Å². The number of fused-ring (bicyclic) bond motifs is 2. The summed E-state index contributed by atoms with van der Waals surface area (Å²) in [6.45, 7) is 1.93. The first-order chi connectivity index (χ1) is 13.7. The molecule has 0 bridgehead atoms. The summed E-state index contributed by atoms with van der Waals surface area (Å²) in [7, 11) is 0. The van der Waals surface area contributed by atoms with E-state index in [1.807, 2.05) is 12.1 Å². The minimum atomic E-state index is -0.851. The molecule has 9 heteroatoms. The standard InChI is InChI=1S/C19H15N3O6/c1-10-16(27-14-5-3-2-4-13(14)26-10)17(23)20-19-22-21-18(28-19)11-6-7-12-15(8-11)25-9-24-12/h2-8,10,16H,9H2,1H3,(H,20,22,23). The molecule has 0 radical (unpaired) electrons. The summed E-state index contributed by atoms with van der Waals surface area (Å²) in [4.78, 5) is 12.6. The van der Waals surface area contributed by atoms with Crippen molar-refractivity contribution in [3.05, 3.63) is 42.5 Å². The number of carbonyl (C=O) groups is 1. The molecule has 0 saturated heterocycles. The van der Waals surface area contributed by atoms with Gasteiger partial charge >= 0.3 is 6.01 Å². The van der Waals surface area contributed by atoms with Gasteiger partial charge in [-0.3, -0.25) is 10.1 Å². The predicted molar refractivity (Wildman–Crippen MR) is 95.4 cm³/mol. The zero-order chi connectivity index (χ0) is 19.1. The lowest BCUT2D eigenvalue weighted by atomic mass is 10.1. The number of carbonyl (C=O) groups excluding carboxylic acids is 1. The van der Waals surface area contributed by atoms with Crippen molar-refractivity contribution in [3.8, 4) is 34.5 Å². The minimum absolute atomic E-state index is 0.0349. The summed E-state index contributed by atoms with van der Waals surface area (Å²) in [6, 6.07) is 12.4. The number of amides is 1. The van der Waals surface area contributed by atoms with Crippen molar-refractivity contribution >= 4 is 11.9 Å². The van der Waals surface area contributed by atoms with Crippen LogP contribution in [-0.4, -0.2) is 35.1 Å². The third kappa shape index (κ3) is 2.86. The van der Waals surface area contributed by atoms with Gasteiger partial charge in [-0.05, 0) is 37.3 Å². The van der Waals surface area contributed by atoms with Crippen LogP contribution < -0.4 is 24.3 Å². The highest BCUT2D eigenvalue weighted by molar-refractivity contribution is 5.93. The maximum Gasteiger partial charge on any atom is 0.322 e. The molecule has 2 aliphatic rings. The van der Waals surface area contributed by atoms with Crippen LogP contribution in [0.25, 0.3) is 11.5 Å². The van der Waals surface area contributed by atoms with E-state index in [0.717, 1.165) is 0 Å². The number of rotatable bonds is 3. The van der Waals surface area contributed by atoms with Crippen LogP contribution in [0.1, 0.15) is 6.92 Å². The molecule has 2 unspecified atom stereocenters. The van der Waals surface area contributed by atoms with Gasteiger partial charge in [-0.25, -0.2) is 0 Å². The van der Waals surface area contributed by atoms with Crippen LogP contribution in [0.4, 0.5) is 6.01 Å². The molecule has 1 N–H and O–H groups in total. The van der Waals surface area contributed by atoms with Crippen LogP contribution in [0.2, 0.25) is 0 Å². The molecule has 0 saturated carbocycles. The molecule has 142 valence electrons. The molecule has 0 fully saturated rings. The molecular formula is C19H15N3O6. The van der Waals surface area contributed by atoms with Crippen LogP contribution in [0.15, 0.2) is 46.9 Å². The summed E-state index contributed by atoms with van der Waals surface area (Å²) in [5, 5.41) is 10.4. The van der Waals surface area contributed by atoms with Crippen molar-refractivity contribution in [2.75, 3.05) is 12.1 Å². The average molecular weight is 381 g/mol. The smallest absolute Gasteiger partial charge is 0.322 e. The van der Waals surface area contributed by atoms with Gasteiger partial charge in [-0.2, -0.15) is 0 Å². The Morgan fingerprint density at radius 2 is 1.79 bits per heavy atom. The SMILES string of the molecule is CC1Oc2ccccc2OC1C(=O)Nc1nnc(-c2ccc3c(c2)OCO3)o1. The highest BCUT2D eigenvalue weighted by atomic mass is 16.7. The van der Waals surface area contributed by atoms with Crippen molar-refractivity contribution in [1.29, 1.82) is 0 Å². The summed E-state index contributed by atoms with van der Waals surface area (Å²) in [6.07, 6.45) is -1.33. The van der Waals surface area contributed by atoms with Gasteiger partial charge < -0.3 is 23.4 Å². The van der Waals surface area contributed by atoms with E-state index in [0.29, 0.717) is 28.6 Å². The molecular weight excluding hydrogens is 366 g/mol. The van der Waals surface area contributed by atoms with Crippen molar-refractivity contribution in [2.24, 2.45) is 0 Å². The van der Waals surface area contributed by atoms with Gasteiger partial charge in [0.05, 0.1) is 0 Å². The van der Waals surface area contributed by atoms with Crippen molar-refractivity contribution in [1.82, 2.24) is 10.2 Å². The Kier molecular flexibility index (Phi) is 3.78. The predicted octanol–water partition coefficient (Wildman–Crippen LogP) is 2.63. The van der Waals surface area contributed by atoms with Crippen molar-refractivity contribution in [3.63, 3.8) is 0 Å². The topological polar surface area (TPSA) is 105 Å². The second kappa shape index (κ2) is 6.45. The third-order valence-corrected chi connectivity index (χ3v) is 4.38. The number of anilines is 1. The summed E-state index contributed by atoms with van der Waals surface area (Å²) >= 11 is 0. The number of para-hydroxylation sites is 2. The molecule has 3 heterocycles. The van der Waals surface area contributed by atoms with Crippen LogP contribution in [0, 0.1) is 0 Å². The highest BCUT2D eigenvalue weighted by Crippen LogP contribution is 2.36. The number of hydrogen-bond donors (Lipinski definition) is 1. The lowest BCUT2D eigenvalue weighted by Gasteiger charge is -2.30. The molecule has 2 aromatic carbocycles. The molecule has 2 aliphatic heterocycles. The summed E-state index contributed by atoms with van der Waals surface area (Å²) in [5.74, 6) is 2.16. The van der Waals surface area contributed by atoms with Crippen LogP contribution in [-0.2, 0) is 4.79 Å². The number of aromatic nitrogens is 2. The Bertz CT molecular complexity index is 1050. The third-order valence-electron chi connectivity index (χ3n) is 4.38. The Morgan fingerprint density at radius 1 is 1.00 bits per heavy atom. The number of benzene rings is 2. The first kappa shape index (κ1) is 16.4. The van der Waals surface area contributed by atoms with Crippen LogP contribution >= 0.6 is 0 Å². The van der Waals surface area contributed by atoms with Gasteiger partial charge in [0.1, 0.15) is 6.10 Å². The largest absolute Gasteiger partial charge is 0.482 e. The molecule has 3 aromatic rings. The van der Waals surface area contributed by atoms with Gasteiger partial charge in [0, 0.05) is 5.56 Å². The summed E-state index contributed by atoms with van der Waals surface area (Å²) < 4.78 is 27.7. The van der Waals surface area contributed by atoms with Crippen molar-refractivity contribution < 1.29 is 28.2 Å². The zero-order valence-electron chi connectivity index (χ0n) is 14.7. The van der Waals surface area contributed by atoms with Gasteiger partial charge in [0.2, 0.25) is 18.8 Å². The van der Waals surface area contributed by atoms with E-state index in [4.69, 9.17) is 23.4 Å². The molecule has 1 amide bonds. The molecule has 2 atom stereocenters. The van der Waals surface area contributed by atoms with Gasteiger partial charge in [-0.1, -0.05) is 17.2 Å². The maximum atomic E-state index is 12.6. The van der Waals surface area contributed by atoms with Crippen LogP contribution in [0.5, 0.6) is 23.0 Å². The fourth-order valence-electron chi connectivity index (χ4n) is 3.00. The van der Waals surface area contributed by atoms with E-state index >= 15 is 0 Å². The number of ether oxygens (including phenoxy) is 4. The second-order valence-corrected chi connectivity index (χ2v) is 6.28. The molecule has 0 aliphatic carbocycles. The molecule has 5 rings (SSSR count). The van der Waals surface area contributed by atoms with E-state index in [2.05, 4.69) is 15.5 Å². The maximum absolute atomic E-state index is 12.6. The van der Waals surface area contributed by atoms with E-state index in [-0.39, 0.29) is 18.7 Å². The van der Waals surface area contributed by atoms with Crippen molar-refractivity contribution in [2.45, 2.75) is 19.1 Å². The van der Waals surface area contributed by atoms with E-state index in [9.17, 15) is 4.79 Å². The zero-order valence-corrected chi connectivity index (χ0v) is 14.7.